The monoisotopic (exact) mass is 449 g/mol. The smallest absolute Gasteiger partial charge is 0.0809 e. The van der Waals surface area contributed by atoms with Crippen molar-refractivity contribution < 1.29 is 26.0 Å². The van der Waals surface area contributed by atoms with Crippen molar-refractivity contribution in [3.05, 3.63) is 48.2 Å². The van der Waals surface area contributed by atoms with Crippen LogP contribution in [-0.2, 0) is 20.8 Å². The molecular weight excluding hydrogens is 424 g/mol. The second-order valence-electron chi connectivity index (χ2n) is 5.66. The fourth-order valence-electron chi connectivity index (χ4n) is 1.33. The molecule has 2 rings (SSSR count). The molecule has 2 aromatic carbocycles. The number of aliphatic hydroxyl groups is 1. The first-order valence-corrected chi connectivity index (χ1v) is 15.4. The molecule has 0 heterocycles. The molecule has 0 atom stereocenters. The largest absolute Gasteiger partial charge is 0.168 e. The van der Waals surface area contributed by atoms with Crippen LogP contribution < -0.4 is 0 Å². The first kappa shape index (κ1) is 25.7. The van der Waals surface area contributed by atoms with Crippen molar-refractivity contribution in [3.8, 4) is 0 Å². The van der Waals surface area contributed by atoms with E-state index in [1.807, 2.05) is 20.8 Å². The molecule has 0 aliphatic heterocycles. The predicted octanol–water partition coefficient (Wildman–Crippen LogP) is 6.31. The van der Waals surface area contributed by atoms with Gasteiger partial charge in [-0.25, -0.2) is 0 Å². The molecule has 0 spiro atoms. The van der Waals surface area contributed by atoms with Gasteiger partial charge in [0, 0.05) is 16.1 Å². The van der Waals surface area contributed by atoms with E-state index in [-0.39, 0.29) is 5.54 Å². The molecule has 0 bridgehead atoms. The fourth-order valence-corrected chi connectivity index (χ4v) is 1.84. The van der Waals surface area contributed by atoms with E-state index in [0.717, 1.165) is 15.9 Å². The Morgan fingerprint density at radius 2 is 1.74 bits per heavy atom. The van der Waals surface area contributed by atoms with Gasteiger partial charge in [0.15, 0.2) is 0 Å². The Hall–Kier alpha value is 0.430. The summed E-state index contributed by atoms with van der Waals surface area (Å²) >= 11 is -0.826. The summed E-state index contributed by atoms with van der Waals surface area (Å²) < 4.78 is 0. The minimum Gasteiger partial charge on any atom is -0.168 e. The van der Waals surface area contributed by atoms with Gasteiger partial charge < -0.3 is 10.8 Å². The van der Waals surface area contributed by atoms with Crippen LogP contribution in [0.15, 0.2) is 42.5 Å². The summed E-state index contributed by atoms with van der Waals surface area (Å²) in [5.41, 5.74) is 6.69. The minimum absolute atomic E-state index is 0.250. The minimum atomic E-state index is -0.826. The van der Waals surface area contributed by atoms with Crippen molar-refractivity contribution >= 4 is 37.3 Å². The van der Waals surface area contributed by atoms with Crippen LogP contribution in [0.3, 0.4) is 0 Å². The first-order valence-electron chi connectivity index (χ1n) is 7.37. The van der Waals surface area contributed by atoms with E-state index in [1.54, 1.807) is 0 Å². The Morgan fingerprint density at radius 1 is 1.22 bits per heavy atom. The summed E-state index contributed by atoms with van der Waals surface area (Å²) in [4.78, 5) is 0. The molecule has 128 valence electrons. The molecule has 23 heavy (non-hydrogen) atoms. The van der Waals surface area contributed by atoms with E-state index in [4.69, 9.17) is 27.9 Å². The molecule has 2 aromatic rings. The van der Waals surface area contributed by atoms with Gasteiger partial charge in [0.2, 0.25) is 0 Å². The Balaban J connectivity index is 0. The number of hydrogen-bond donors (Lipinski definition) is 1. The summed E-state index contributed by atoms with van der Waals surface area (Å²) in [5, 5.41) is 10.9. The third kappa shape index (κ3) is 22.4. The maximum Gasteiger partial charge on any atom is -0.0809 e. The molecule has 6 heteroatoms. The Morgan fingerprint density at radius 3 is 2.13 bits per heavy atom. The molecule has 0 aliphatic carbocycles. The van der Waals surface area contributed by atoms with Gasteiger partial charge in [-0.3, -0.25) is 0 Å². The average molecular weight is 452 g/mol. The van der Waals surface area contributed by atoms with E-state index < -0.39 is 20.8 Å². The summed E-state index contributed by atoms with van der Waals surface area (Å²) in [6, 6.07) is 15.9. The van der Waals surface area contributed by atoms with E-state index in [2.05, 4.69) is 49.0 Å². The standard InChI is InChI=1S/C9H7.C4H10N.C4H10OSi.2ClH.Zr/c1-2-5-9-7-3-6-8(9)4-1;1-4(2,3)5;1-6-4-2-3-5;;;/h1-7H;5H,1-3H3;5H,2-4H2,1H3;2*1H;/q2*-1;;;;+4/p-2. The maximum absolute atomic E-state index is 8.20. The summed E-state index contributed by atoms with van der Waals surface area (Å²) in [6.45, 7) is 8.07. The molecule has 0 aliphatic rings. The number of benzene rings is 1. The van der Waals surface area contributed by atoms with Crippen molar-refractivity contribution in [1.29, 1.82) is 0 Å². The Bertz CT molecular complexity index is 435. The van der Waals surface area contributed by atoms with Gasteiger partial charge in [-0.2, -0.15) is 17.5 Å². The zero-order valence-corrected chi connectivity index (χ0v) is 19.3. The zero-order chi connectivity index (χ0) is 18.1. The van der Waals surface area contributed by atoms with Gasteiger partial charge in [0.05, 0.1) is 0 Å². The second kappa shape index (κ2) is 17.3. The number of rotatable bonds is 3. The van der Waals surface area contributed by atoms with Crippen molar-refractivity contribution in [1.82, 2.24) is 0 Å². The van der Waals surface area contributed by atoms with Gasteiger partial charge in [0.1, 0.15) is 0 Å². The molecule has 0 amide bonds. The van der Waals surface area contributed by atoms with Crippen molar-refractivity contribution in [3.63, 3.8) is 0 Å². The molecule has 0 unspecified atom stereocenters. The van der Waals surface area contributed by atoms with Crippen LogP contribution in [0.1, 0.15) is 27.2 Å². The molecule has 2 nitrogen and oxygen atoms in total. The van der Waals surface area contributed by atoms with E-state index >= 15 is 0 Å². The molecule has 0 fully saturated rings. The van der Waals surface area contributed by atoms with Crippen LogP contribution in [0.4, 0.5) is 0 Å². The topological polar surface area (TPSA) is 44.0 Å². The number of fused-ring (bicyclic) bond motifs is 1. The summed E-state index contributed by atoms with van der Waals surface area (Å²) in [7, 11) is 10.9. The predicted molar refractivity (Wildman–Crippen MR) is 103 cm³/mol. The van der Waals surface area contributed by atoms with Crippen LogP contribution in [0.25, 0.3) is 16.5 Å². The normalized spacial score (nSPS) is 9.39. The van der Waals surface area contributed by atoms with Crippen molar-refractivity contribution in [2.75, 3.05) is 6.61 Å². The zero-order valence-electron chi connectivity index (χ0n) is 14.4. The molecular formula is C17H27Cl2NOSiZr. The average Bonchev–Trinajstić information content (AvgIpc) is 2.93. The summed E-state index contributed by atoms with van der Waals surface area (Å²) in [6.07, 6.45) is 0.981. The molecule has 2 radical (unpaired) electrons. The third-order valence-corrected chi connectivity index (χ3v) is 2.99. The van der Waals surface area contributed by atoms with E-state index in [0.29, 0.717) is 6.61 Å². The summed E-state index contributed by atoms with van der Waals surface area (Å²) in [5.74, 6) is 0. The number of nitrogens with one attached hydrogen (secondary N) is 1. The second-order valence-corrected chi connectivity index (χ2v) is 10.6. The molecule has 2 N–H and O–H groups in total. The van der Waals surface area contributed by atoms with E-state index in [1.165, 1.54) is 16.8 Å². The van der Waals surface area contributed by atoms with E-state index in [9.17, 15) is 0 Å². The Kier molecular flexibility index (Phi) is 19.3. The van der Waals surface area contributed by atoms with Crippen LogP contribution in [0.2, 0.25) is 12.6 Å². The number of hydrogen-bond acceptors (Lipinski definition) is 1. The number of halogens is 2. The molecule has 0 saturated heterocycles. The fraction of sp³-hybridized carbons (Fsp3) is 0.471. The third-order valence-electron chi connectivity index (χ3n) is 2.13. The SMILES string of the molecule is CC(C)(C)[NH-].C[Si]CCCO.[Cl][Zr+2][Cl].c1ccc2[cH-]ccc2c1. The Labute approximate surface area is 162 Å². The maximum atomic E-state index is 8.20. The molecule has 0 aromatic heterocycles. The van der Waals surface area contributed by atoms with Gasteiger partial charge >= 0.3 is 37.9 Å². The first-order chi connectivity index (χ1) is 10.8. The van der Waals surface area contributed by atoms with Gasteiger partial charge in [-0.1, -0.05) is 39.4 Å². The van der Waals surface area contributed by atoms with Gasteiger partial charge in [-0.05, 0) is 6.42 Å². The molecule has 0 saturated carbocycles. The van der Waals surface area contributed by atoms with Crippen LogP contribution in [0.5, 0.6) is 0 Å². The van der Waals surface area contributed by atoms with Gasteiger partial charge in [0.25, 0.3) is 0 Å². The van der Waals surface area contributed by atoms with Gasteiger partial charge in [-0.15, -0.1) is 35.2 Å². The van der Waals surface area contributed by atoms with Crippen LogP contribution >= 0.6 is 17.0 Å². The van der Waals surface area contributed by atoms with Crippen molar-refractivity contribution in [2.45, 2.75) is 45.3 Å². The van der Waals surface area contributed by atoms with Crippen LogP contribution in [0, 0.1) is 0 Å². The van der Waals surface area contributed by atoms with Crippen LogP contribution in [-0.4, -0.2) is 26.8 Å². The number of aliphatic hydroxyl groups excluding tert-OH is 1. The quantitative estimate of drug-likeness (QED) is 0.332. The van der Waals surface area contributed by atoms with Crippen molar-refractivity contribution in [2.24, 2.45) is 0 Å².